The van der Waals surface area contributed by atoms with Gasteiger partial charge in [0.1, 0.15) is 11.6 Å². The third-order valence-electron chi connectivity index (χ3n) is 2.68. The van der Waals surface area contributed by atoms with Crippen molar-refractivity contribution in [3.8, 4) is 0 Å². The normalized spacial score (nSPS) is 10.3. The van der Waals surface area contributed by atoms with Gasteiger partial charge in [0.25, 0.3) is 0 Å². The molecule has 4 nitrogen and oxygen atoms in total. The lowest BCUT2D eigenvalue weighted by atomic mass is 10.2. The highest BCUT2D eigenvalue weighted by atomic mass is 19.1. The van der Waals surface area contributed by atoms with Crippen molar-refractivity contribution in [2.45, 2.75) is 13.5 Å². The fraction of sp³-hybridized carbons (Fsp3) is 0.286. The molecule has 0 aliphatic carbocycles. The Labute approximate surface area is 112 Å². The second-order valence-corrected chi connectivity index (χ2v) is 4.25. The zero-order chi connectivity index (χ0) is 13.7. The van der Waals surface area contributed by atoms with Crippen LogP contribution >= 0.6 is 0 Å². The lowest BCUT2D eigenvalue weighted by molar-refractivity contribution is 0.625. The molecular weight excluding hydrogens is 243 g/mol. The number of rotatable bonds is 5. The van der Waals surface area contributed by atoms with Crippen LogP contribution in [0.5, 0.6) is 0 Å². The van der Waals surface area contributed by atoms with Crippen LogP contribution in [0.3, 0.4) is 0 Å². The van der Waals surface area contributed by atoms with Gasteiger partial charge in [-0.1, -0.05) is 12.1 Å². The maximum absolute atomic E-state index is 13.1. The second kappa shape index (κ2) is 6.13. The molecule has 19 heavy (non-hydrogen) atoms. The molecule has 1 aromatic heterocycles. The van der Waals surface area contributed by atoms with Gasteiger partial charge in [0, 0.05) is 26.3 Å². The molecule has 0 fully saturated rings. The summed E-state index contributed by atoms with van der Waals surface area (Å²) in [6, 6.07) is 8.41. The topological polar surface area (TPSA) is 41.1 Å². The molecule has 100 valence electrons. The van der Waals surface area contributed by atoms with Crippen LogP contribution in [0.4, 0.5) is 16.2 Å². The van der Waals surface area contributed by atoms with Crippen molar-refractivity contribution in [1.82, 2.24) is 9.97 Å². The molecule has 1 aromatic carbocycles. The summed E-state index contributed by atoms with van der Waals surface area (Å²) in [5.41, 5.74) is 0.908. The maximum Gasteiger partial charge on any atom is 0.224 e. The SMILES string of the molecule is CCNc1nccc(N(C)Cc2cccc(F)c2)n1. The Morgan fingerprint density at radius 3 is 2.89 bits per heavy atom. The van der Waals surface area contributed by atoms with Crippen LogP contribution < -0.4 is 10.2 Å². The largest absolute Gasteiger partial charge is 0.355 e. The van der Waals surface area contributed by atoms with Gasteiger partial charge in [-0.3, -0.25) is 0 Å². The van der Waals surface area contributed by atoms with Gasteiger partial charge < -0.3 is 10.2 Å². The first-order valence-corrected chi connectivity index (χ1v) is 6.21. The van der Waals surface area contributed by atoms with E-state index in [9.17, 15) is 4.39 Å². The molecule has 0 bridgehead atoms. The first-order valence-electron chi connectivity index (χ1n) is 6.21. The summed E-state index contributed by atoms with van der Waals surface area (Å²) < 4.78 is 13.1. The van der Waals surface area contributed by atoms with E-state index in [1.165, 1.54) is 12.1 Å². The van der Waals surface area contributed by atoms with Gasteiger partial charge in [0.05, 0.1) is 0 Å². The number of nitrogens with one attached hydrogen (secondary N) is 1. The maximum atomic E-state index is 13.1. The Balaban J connectivity index is 2.11. The fourth-order valence-electron chi connectivity index (χ4n) is 1.80. The number of hydrogen-bond acceptors (Lipinski definition) is 4. The van der Waals surface area contributed by atoms with E-state index < -0.39 is 0 Å². The second-order valence-electron chi connectivity index (χ2n) is 4.25. The van der Waals surface area contributed by atoms with Crippen molar-refractivity contribution in [1.29, 1.82) is 0 Å². The average Bonchev–Trinajstić information content (AvgIpc) is 2.39. The van der Waals surface area contributed by atoms with Crippen molar-refractivity contribution in [3.05, 3.63) is 47.9 Å². The molecule has 0 saturated carbocycles. The minimum absolute atomic E-state index is 0.220. The summed E-state index contributed by atoms with van der Waals surface area (Å²) in [5, 5.41) is 3.07. The Morgan fingerprint density at radius 2 is 2.16 bits per heavy atom. The molecule has 0 saturated heterocycles. The Hall–Kier alpha value is -2.17. The summed E-state index contributed by atoms with van der Waals surface area (Å²) in [6.45, 7) is 3.36. The van der Waals surface area contributed by atoms with Crippen LogP contribution in [0.2, 0.25) is 0 Å². The van der Waals surface area contributed by atoms with Crippen LogP contribution in [0, 0.1) is 5.82 Å². The molecule has 0 aliphatic rings. The van der Waals surface area contributed by atoms with E-state index in [2.05, 4.69) is 15.3 Å². The fourth-order valence-corrected chi connectivity index (χ4v) is 1.80. The van der Waals surface area contributed by atoms with Gasteiger partial charge >= 0.3 is 0 Å². The number of anilines is 2. The van der Waals surface area contributed by atoms with Gasteiger partial charge in [-0.05, 0) is 30.7 Å². The third kappa shape index (κ3) is 3.64. The van der Waals surface area contributed by atoms with E-state index >= 15 is 0 Å². The molecule has 5 heteroatoms. The van der Waals surface area contributed by atoms with Gasteiger partial charge in [0.2, 0.25) is 5.95 Å². The first kappa shape index (κ1) is 13.3. The summed E-state index contributed by atoms with van der Waals surface area (Å²) >= 11 is 0. The number of aromatic nitrogens is 2. The van der Waals surface area contributed by atoms with Crippen LogP contribution in [0.25, 0.3) is 0 Å². The molecule has 1 heterocycles. The van der Waals surface area contributed by atoms with E-state index in [1.54, 1.807) is 12.3 Å². The number of hydrogen-bond donors (Lipinski definition) is 1. The predicted molar refractivity (Wildman–Crippen MR) is 74.7 cm³/mol. The van der Waals surface area contributed by atoms with E-state index in [4.69, 9.17) is 0 Å². The van der Waals surface area contributed by atoms with Gasteiger partial charge in [0.15, 0.2) is 0 Å². The van der Waals surface area contributed by atoms with Crippen molar-refractivity contribution >= 4 is 11.8 Å². The van der Waals surface area contributed by atoms with Crippen molar-refractivity contribution in [2.24, 2.45) is 0 Å². The van der Waals surface area contributed by atoms with Crippen LogP contribution in [0.1, 0.15) is 12.5 Å². The first-order chi connectivity index (χ1) is 9.19. The number of halogens is 1. The quantitative estimate of drug-likeness (QED) is 0.897. The zero-order valence-corrected chi connectivity index (χ0v) is 11.1. The lowest BCUT2D eigenvalue weighted by Crippen LogP contribution is -2.18. The number of benzene rings is 1. The molecule has 0 atom stereocenters. The Bertz CT molecular complexity index is 544. The summed E-state index contributed by atoms with van der Waals surface area (Å²) in [5.74, 6) is 1.18. The van der Waals surface area contributed by atoms with E-state index in [-0.39, 0.29) is 5.82 Å². The highest BCUT2D eigenvalue weighted by molar-refractivity contribution is 5.42. The smallest absolute Gasteiger partial charge is 0.224 e. The molecular formula is C14H17FN4. The van der Waals surface area contributed by atoms with Gasteiger partial charge in [-0.15, -0.1) is 0 Å². The molecule has 0 radical (unpaired) electrons. The molecule has 2 rings (SSSR count). The molecule has 1 N–H and O–H groups in total. The molecule has 2 aromatic rings. The van der Waals surface area contributed by atoms with Gasteiger partial charge in [-0.25, -0.2) is 9.37 Å². The van der Waals surface area contributed by atoms with Crippen molar-refractivity contribution < 1.29 is 4.39 Å². The van der Waals surface area contributed by atoms with Crippen LogP contribution in [0.15, 0.2) is 36.5 Å². The highest BCUT2D eigenvalue weighted by Gasteiger charge is 2.05. The summed E-state index contributed by atoms with van der Waals surface area (Å²) in [7, 11) is 1.92. The predicted octanol–water partition coefficient (Wildman–Crippen LogP) is 2.68. The summed E-state index contributed by atoms with van der Waals surface area (Å²) in [6.07, 6.45) is 1.71. The third-order valence-corrected chi connectivity index (χ3v) is 2.68. The van der Waals surface area contributed by atoms with Crippen molar-refractivity contribution in [2.75, 3.05) is 23.8 Å². The molecule has 0 spiro atoms. The highest BCUT2D eigenvalue weighted by Crippen LogP contribution is 2.14. The summed E-state index contributed by atoms with van der Waals surface area (Å²) in [4.78, 5) is 10.5. The van der Waals surface area contributed by atoms with Crippen LogP contribution in [-0.4, -0.2) is 23.6 Å². The van der Waals surface area contributed by atoms with E-state index in [1.807, 2.05) is 31.0 Å². The molecule has 0 amide bonds. The van der Waals surface area contributed by atoms with Crippen molar-refractivity contribution in [3.63, 3.8) is 0 Å². The van der Waals surface area contributed by atoms with Gasteiger partial charge in [-0.2, -0.15) is 4.98 Å². The monoisotopic (exact) mass is 260 g/mol. The Kier molecular flexibility index (Phi) is 4.28. The van der Waals surface area contributed by atoms with E-state index in [0.717, 1.165) is 17.9 Å². The number of nitrogens with zero attached hydrogens (tertiary/aromatic N) is 3. The molecule has 0 unspecified atom stereocenters. The standard InChI is InChI=1S/C14H17FN4/c1-3-16-14-17-8-7-13(18-14)19(2)10-11-5-4-6-12(15)9-11/h4-9H,3,10H2,1-2H3,(H,16,17,18). The zero-order valence-electron chi connectivity index (χ0n) is 11.1. The van der Waals surface area contributed by atoms with E-state index in [0.29, 0.717) is 12.5 Å². The van der Waals surface area contributed by atoms with Crippen LogP contribution in [-0.2, 0) is 6.54 Å². The lowest BCUT2D eigenvalue weighted by Gasteiger charge is -2.18. The minimum Gasteiger partial charge on any atom is -0.355 e. The average molecular weight is 260 g/mol. The Morgan fingerprint density at radius 1 is 1.32 bits per heavy atom. The minimum atomic E-state index is -0.220. The molecule has 0 aliphatic heterocycles.